The van der Waals surface area contributed by atoms with Crippen molar-refractivity contribution in [2.45, 2.75) is 38.1 Å². The molecule has 6 heteroatoms. The van der Waals surface area contributed by atoms with Crippen molar-refractivity contribution in [3.63, 3.8) is 0 Å². The number of nitriles is 1. The second kappa shape index (κ2) is 9.82. The first-order valence-corrected chi connectivity index (χ1v) is 11.2. The van der Waals surface area contributed by atoms with Gasteiger partial charge in [0.05, 0.1) is 11.6 Å². The lowest BCUT2D eigenvalue weighted by atomic mass is 9.90. The highest BCUT2D eigenvalue weighted by atomic mass is 19.1. The van der Waals surface area contributed by atoms with Crippen molar-refractivity contribution < 1.29 is 9.18 Å². The zero-order valence-electron chi connectivity index (χ0n) is 17.8. The molecule has 0 bridgehead atoms. The molecule has 0 spiro atoms. The van der Waals surface area contributed by atoms with Crippen LogP contribution < -0.4 is 10.2 Å². The number of carbonyl (C=O) groups excluding carboxylic acids is 1. The third-order valence-corrected chi connectivity index (χ3v) is 6.50. The molecule has 2 heterocycles. The van der Waals surface area contributed by atoms with E-state index >= 15 is 0 Å². The SMILES string of the molecule is N#Cc1ccc(N2CCC(NC(=O)N3CCC(Cc4cccc(F)c4)CC3)CC2)cc1. The molecule has 0 atom stereocenters. The van der Waals surface area contributed by atoms with E-state index in [4.69, 9.17) is 5.26 Å². The van der Waals surface area contributed by atoms with Gasteiger partial charge in [0.1, 0.15) is 5.82 Å². The van der Waals surface area contributed by atoms with Crippen molar-refractivity contribution in [3.8, 4) is 6.07 Å². The zero-order valence-corrected chi connectivity index (χ0v) is 17.8. The Morgan fingerprint density at radius 3 is 2.39 bits per heavy atom. The minimum Gasteiger partial charge on any atom is -0.371 e. The van der Waals surface area contributed by atoms with Crippen molar-refractivity contribution in [1.82, 2.24) is 10.2 Å². The maximum atomic E-state index is 13.4. The summed E-state index contributed by atoms with van der Waals surface area (Å²) in [5.41, 5.74) is 2.84. The number of halogens is 1. The Bertz CT molecular complexity index is 923. The minimum absolute atomic E-state index is 0.0426. The number of benzene rings is 2. The van der Waals surface area contributed by atoms with Gasteiger partial charge < -0.3 is 15.1 Å². The van der Waals surface area contributed by atoms with E-state index in [0.717, 1.165) is 69.5 Å². The monoisotopic (exact) mass is 420 g/mol. The lowest BCUT2D eigenvalue weighted by Gasteiger charge is -2.36. The van der Waals surface area contributed by atoms with E-state index in [1.165, 1.54) is 6.07 Å². The van der Waals surface area contributed by atoms with Crippen molar-refractivity contribution in [2.75, 3.05) is 31.1 Å². The van der Waals surface area contributed by atoms with Crippen LogP contribution in [0.2, 0.25) is 0 Å². The predicted molar refractivity (Wildman–Crippen MR) is 119 cm³/mol. The molecule has 0 radical (unpaired) electrons. The van der Waals surface area contributed by atoms with Crippen molar-refractivity contribution in [1.29, 1.82) is 5.26 Å². The number of hydrogen-bond acceptors (Lipinski definition) is 3. The molecule has 162 valence electrons. The number of anilines is 1. The molecule has 2 saturated heterocycles. The maximum Gasteiger partial charge on any atom is 0.317 e. The summed E-state index contributed by atoms with van der Waals surface area (Å²) in [5, 5.41) is 12.2. The van der Waals surface area contributed by atoms with Crippen molar-refractivity contribution in [2.24, 2.45) is 5.92 Å². The van der Waals surface area contributed by atoms with Crippen LogP contribution in [0.4, 0.5) is 14.9 Å². The normalized spacial score (nSPS) is 17.9. The molecule has 2 aliphatic rings. The Hall–Kier alpha value is -3.07. The molecule has 2 fully saturated rings. The number of rotatable bonds is 4. The fourth-order valence-electron chi connectivity index (χ4n) is 4.63. The van der Waals surface area contributed by atoms with Crippen LogP contribution in [0.25, 0.3) is 0 Å². The molecule has 0 saturated carbocycles. The van der Waals surface area contributed by atoms with E-state index in [0.29, 0.717) is 11.5 Å². The van der Waals surface area contributed by atoms with Gasteiger partial charge in [0.2, 0.25) is 0 Å². The molecule has 2 aliphatic heterocycles. The Morgan fingerprint density at radius 1 is 1.03 bits per heavy atom. The molecule has 31 heavy (non-hydrogen) atoms. The number of likely N-dealkylation sites (tertiary alicyclic amines) is 1. The summed E-state index contributed by atoms with van der Waals surface area (Å²) in [5.74, 6) is 0.320. The van der Waals surface area contributed by atoms with Gasteiger partial charge in [-0.2, -0.15) is 5.26 Å². The first kappa shape index (κ1) is 21.2. The van der Waals surface area contributed by atoms with E-state index in [9.17, 15) is 9.18 Å². The Morgan fingerprint density at radius 2 is 1.74 bits per heavy atom. The number of piperidine rings is 2. The second-order valence-corrected chi connectivity index (χ2v) is 8.63. The smallest absolute Gasteiger partial charge is 0.317 e. The zero-order chi connectivity index (χ0) is 21.6. The van der Waals surface area contributed by atoms with Crippen LogP contribution in [-0.4, -0.2) is 43.2 Å². The molecule has 5 nitrogen and oxygen atoms in total. The largest absolute Gasteiger partial charge is 0.371 e. The second-order valence-electron chi connectivity index (χ2n) is 8.63. The number of nitrogens with one attached hydrogen (secondary N) is 1. The first-order valence-electron chi connectivity index (χ1n) is 11.2. The number of hydrogen-bond donors (Lipinski definition) is 1. The molecule has 0 unspecified atom stereocenters. The van der Waals surface area contributed by atoms with Gasteiger partial charge in [-0.15, -0.1) is 0 Å². The fourth-order valence-corrected chi connectivity index (χ4v) is 4.63. The van der Waals surface area contributed by atoms with Gasteiger partial charge in [-0.05, 0) is 80.0 Å². The summed E-state index contributed by atoms with van der Waals surface area (Å²) in [6, 6.07) is 16.9. The highest BCUT2D eigenvalue weighted by Gasteiger charge is 2.26. The highest BCUT2D eigenvalue weighted by molar-refractivity contribution is 5.74. The molecule has 2 aromatic rings. The van der Waals surface area contributed by atoms with Gasteiger partial charge in [0.25, 0.3) is 0 Å². The first-order chi connectivity index (χ1) is 15.1. The van der Waals surface area contributed by atoms with Crippen LogP contribution in [-0.2, 0) is 6.42 Å². The molecule has 1 N–H and O–H groups in total. The van der Waals surface area contributed by atoms with E-state index in [1.807, 2.05) is 35.2 Å². The molecule has 0 aliphatic carbocycles. The summed E-state index contributed by atoms with van der Waals surface area (Å²) in [4.78, 5) is 17.0. The van der Waals surface area contributed by atoms with Crippen molar-refractivity contribution >= 4 is 11.7 Å². The highest BCUT2D eigenvalue weighted by Crippen LogP contribution is 2.23. The fraction of sp³-hybridized carbons (Fsp3) is 0.440. The van der Waals surface area contributed by atoms with Crippen LogP contribution >= 0.6 is 0 Å². The maximum absolute atomic E-state index is 13.4. The van der Waals surface area contributed by atoms with Crippen LogP contribution in [0.3, 0.4) is 0 Å². The number of carbonyl (C=O) groups is 1. The van der Waals surface area contributed by atoms with E-state index in [1.54, 1.807) is 12.1 Å². The third kappa shape index (κ3) is 5.55. The molecule has 2 aromatic carbocycles. The minimum atomic E-state index is -0.181. The Balaban J connectivity index is 1.19. The van der Waals surface area contributed by atoms with E-state index in [-0.39, 0.29) is 17.9 Å². The van der Waals surface area contributed by atoms with Gasteiger partial charge in [-0.25, -0.2) is 9.18 Å². The number of urea groups is 1. The number of amides is 2. The summed E-state index contributed by atoms with van der Waals surface area (Å²) in [7, 11) is 0. The van der Waals surface area contributed by atoms with E-state index in [2.05, 4.69) is 16.3 Å². The summed E-state index contributed by atoms with van der Waals surface area (Å²) >= 11 is 0. The molecule has 4 rings (SSSR count). The molecular weight excluding hydrogens is 391 g/mol. The van der Waals surface area contributed by atoms with Crippen LogP contribution in [0.5, 0.6) is 0 Å². The average Bonchev–Trinajstić information content (AvgIpc) is 2.80. The van der Waals surface area contributed by atoms with Crippen molar-refractivity contribution in [3.05, 3.63) is 65.5 Å². The van der Waals surface area contributed by atoms with Gasteiger partial charge in [-0.3, -0.25) is 0 Å². The van der Waals surface area contributed by atoms with Gasteiger partial charge in [-0.1, -0.05) is 12.1 Å². The summed E-state index contributed by atoms with van der Waals surface area (Å²) in [6.45, 7) is 3.31. The van der Waals surface area contributed by atoms with Gasteiger partial charge >= 0.3 is 6.03 Å². The predicted octanol–water partition coefficient (Wildman–Crippen LogP) is 4.33. The molecular formula is C25H29FN4O. The Kier molecular flexibility index (Phi) is 6.71. The third-order valence-electron chi connectivity index (χ3n) is 6.50. The topological polar surface area (TPSA) is 59.4 Å². The Labute approximate surface area is 183 Å². The number of nitrogens with zero attached hydrogens (tertiary/aromatic N) is 3. The average molecular weight is 421 g/mol. The quantitative estimate of drug-likeness (QED) is 0.801. The lowest BCUT2D eigenvalue weighted by molar-refractivity contribution is 0.165. The summed E-state index contributed by atoms with van der Waals surface area (Å²) < 4.78 is 13.4. The molecule has 2 amide bonds. The summed E-state index contributed by atoms with van der Waals surface area (Å²) in [6.07, 6.45) is 4.63. The lowest BCUT2D eigenvalue weighted by Crippen LogP contribution is -2.51. The van der Waals surface area contributed by atoms with Gasteiger partial charge in [0.15, 0.2) is 0 Å². The standard InChI is InChI=1S/C25H29FN4O/c26-22-3-1-2-21(17-22)16-19-8-12-30(13-9-19)25(31)28-23-10-14-29(15-11-23)24-6-4-20(18-27)5-7-24/h1-7,17,19,23H,8-16H2,(H,28,31). The van der Waals surface area contributed by atoms with Crippen LogP contribution in [0.1, 0.15) is 36.8 Å². The van der Waals surface area contributed by atoms with Crippen LogP contribution in [0.15, 0.2) is 48.5 Å². The van der Waals surface area contributed by atoms with Crippen LogP contribution in [0, 0.1) is 23.1 Å². The molecule has 0 aromatic heterocycles. The van der Waals surface area contributed by atoms with Gasteiger partial charge in [0, 0.05) is 37.9 Å². The van der Waals surface area contributed by atoms with E-state index < -0.39 is 0 Å².